The van der Waals surface area contributed by atoms with Crippen molar-refractivity contribution in [1.82, 2.24) is 4.98 Å². The first-order valence-corrected chi connectivity index (χ1v) is 4.51. The molecule has 1 amide bonds. The Hall–Kier alpha value is -1.62. The number of fused-ring (bicyclic) bond motifs is 1. The van der Waals surface area contributed by atoms with E-state index in [1.54, 1.807) is 6.20 Å². The number of nitrogens with zero attached hydrogens (tertiary/aromatic N) is 2. The highest BCUT2D eigenvalue weighted by Gasteiger charge is 2.21. The van der Waals surface area contributed by atoms with Crippen molar-refractivity contribution in [1.29, 1.82) is 0 Å². The van der Waals surface area contributed by atoms with Gasteiger partial charge in [-0.25, -0.2) is 4.98 Å². The highest BCUT2D eigenvalue weighted by atomic mass is 16.2. The number of carbonyl (C=O) groups excluding carboxylic acids is 1. The van der Waals surface area contributed by atoms with Crippen molar-refractivity contribution >= 4 is 17.4 Å². The van der Waals surface area contributed by atoms with Gasteiger partial charge in [-0.05, 0) is 12.1 Å². The molecule has 1 aliphatic heterocycles. The maximum atomic E-state index is 11.3. The minimum atomic E-state index is -0.0374. The first-order valence-electron chi connectivity index (χ1n) is 4.51. The SMILES string of the molecule is NCCN1CC(=O)Nc2ncccc21. The predicted molar refractivity (Wildman–Crippen MR) is 54.1 cm³/mol. The molecule has 1 aliphatic rings. The summed E-state index contributed by atoms with van der Waals surface area (Å²) in [4.78, 5) is 17.3. The summed E-state index contributed by atoms with van der Waals surface area (Å²) >= 11 is 0. The molecule has 0 saturated heterocycles. The van der Waals surface area contributed by atoms with Crippen molar-refractivity contribution in [3.8, 4) is 0 Å². The third kappa shape index (κ3) is 1.54. The Morgan fingerprint density at radius 3 is 3.29 bits per heavy atom. The Kier molecular flexibility index (Phi) is 2.32. The topological polar surface area (TPSA) is 71.2 Å². The summed E-state index contributed by atoms with van der Waals surface area (Å²) in [6.45, 7) is 1.56. The Morgan fingerprint density at radius 2 is 2.50 bits per heavy atom. The zero-order chi connectivity index (χ0) is 9.97. The van der Waals surface area contributed by atoms with E-state index in [9.17, 15) is 4.79 Å². The number of amides is 1. The van der Waals surface area contributed by atoms with Crippen molar-refractivity contribution in [2.24, 2.45) is 5.73 Å². The molecule has 0 saturated carbocycles. The van der Waals surface area contributed by atoms with Crippen LogP contribution in [0.5, 0.6) is 0 Å². The van der Waals surface area contributed by atoms with E-state index in [4.69, 9.17) is 5.73 Å². The third-order valence-corrected chi connectivity index (χ3v) is 2.12. The van der Waals surface area contributed by atoms with Gasteiger partial charge in [0, 0.05) is 19.3 Å². The van der Waals surface area contributed by atoms with Crippen LogP contribution in [-0.2, 0) is 4.79 Å². The fourth-order valence-electron chi connectivity index (χ4n) is 1.53. The van der Waals surface area contributed by atoms with E-state index < -0.39 is 0 Å². The van der Waals surface area contributed by atoms with Crippen molar-refractivity contribution in [2.75, 3.05) is 29.9 Å². The zero-order valence-corrected chi connectivity index (χ0v) is 7.73. The lowest BCUT2D eigenvalue weighted by atomic mass is 10.2. The lowest BCUT2D eigenvalue weighted by Gasteiger charge is -2.29. The van der Waals surface area contributed by atoms with Gasteiger partial charge < -0.3 is 16.0 Å². The number of nitrogens with one attached hydrogen (secondary N) is 1. The minimum absolute atomic E-state index is 0.0374. The van der Waals surface area contributed by atoms with Gasteiger partial charge in [0.05, 0.1) is 12.2 Å². The molecular formula is C9H12N4O. The molecule has 0 radical (unpaired) electrons. The smallest absolute Gasteiger partial charge is 0.245 e. The van der Waals surface area contributed by atoms with Crippen molar-refractivity contribution < 1.29 is 4.79 Å². The number of hydrogen-bond acceptors (Lipinski definition) is 4. The lowest BCUT2D eigenvalue weighted by molar-refractivity contribution is -0.115. The van der Waals surface area contributed by atoms with Gasteiger partial charge in [0.2, 0.25) is 5.91 Å². The molecule has 1 aromatic rings. The molecular weight excluding hydrogens is 180 g/mol. The van der Waals surface area contributed by atoms with Crippen LogP contribution in [0.2, 0.25) is 0 Å². The number of nitrogens with two attached hydrogens (primary N) is 1. The van der Waals surface area contributed by atoms with E-state index >= 15 is 0 Å². The summed E-state index contributed by atoms with van der Waals surface area (Å²) in [5, 5.41) is 2.72. The van der Waals surface area contributed by atoms with Gasteiger partial charge in [-0.3, -0.25) is 4.79 Å². The van der Waals surface area contributed by atoms with Crippen LogP contribution in [0.15, 0.2) is 18.3 Å². The number of anilines is 2. The molecule has 3 N–H and O–H groups in total. The molecule has 1 aromatic heterocycles. The maximum Gasteiger partial charge on any atom is 0.245 e. The number of pyridine rings is 1. The second-order valence-electron chi connectivity index (χ2n) is 3.13. The molecule has 5 nitrogen and oxygen atoms in total. The first kappa shape index (κ1) is 8.96. The Morgan fingerprint density at radius 1 is 1.64 bits per heavy atom. The molecule has 0 aromatic carbocycles. The molecule has 14 heavy (non-hydrogen) atoms. The number of carbonyl (C=O) groups is 1. The fourth-order valence-corrected chi connectivity index (χ4v) is 1.53. The largest absolute Gasteiger partial charge is 0.358 e. The number of aromatic nitrogens is 1. The molecule has 5 heteroatoms. The highest BCUT2D eigenvalue weighted by Crippen LogP contribution is 2.25. The molecule has 0 bridgehead atoms. The van der Waals surface area contributed by atoms with Gasteiger partial charge in [-0.1, -0.05) is 0 Å². The van der Waals surface area contributed by atoms with Crippen LogP contribution in [0.3, 0.4) is 0 Å². The molecule has 0 fully saturated rings. The molecule has 0 unspecified atom stereocenters. The third-order valence-electron chi connectivity index (χ3n) is 2.12. The van der Waals surface area contributed by atoms with Crippen LogP contribution in [0.1, 0.15) is 0 Å². The number of rotatable bonds is 2. The van der Waals surface area contributed by atoms with Gasteiger partial charge in [0.15, 0.2) is 5.82 Å². The predicted octanol–water partition coefficient (Wildman–Crippen LogP) is -0.201. The second kappa shape index (κ2) is 3.63. The molecule has 0 spiro atoms. The van der Waals surface area contributed by atoms with Gasteiger partial charge in [0.25, 0.3) is 0 Å². The van der Waals surface area contributed by atoms with E-state index in [0.717, 1.165) is 5.69 Å². The standard InChI is InChI=1S/C9H12N4O/c10-3-5-13-6-8(14)12-9-7(13)2-1-4-11-9/h1-2,4H,3,5-6,10H2,(H,11,12,14). The first-order chi connectivity index (χ1) is 6.81. The van der Waals surface area contributed by atoms with Crippen LogP contribution in [0, 0.1) is 0 Å². The van der Waals surface area contributed by atoms with E-state index in [0.29, 0.717) is 25.5 Å². The number of hydrogen-bond donors (Lipinski definition) is 2. The molecule has 2 heterocycles. The quantitative estimate of drug-likeness (QED) is 0.680. The average molecular weight is 192 g/mol. The zero-order valence-electron chi connectivity index (χ0n) is 7.73. The van der Waals surface area contributed by atoms with Crippen LogP contribution in [0.25, 0.3) is 0 Å². The maximum absolute atomic E-state index is 11.3. The molecule has 74 valence electrons. The van der Waals surface area contributed by atoms with E-state index in [2.05, 4.69) is 10.3 Å². The second-order valence-corrected chi connectivity index (χ2v) is 3.13. The summed E-state index contributed by atoms with van der Waals surface area (Å²) in [5.41, 5.74) is 6.41. The van der Waals surface area contributed by atoms with Crippen LogP contribution < -0.4 is 16.0 Å². The fraction of sp³-hybridized carbons (Fsp3) is 0.333. The summed E-state index contributed by atoms with van der Waals surface area (Å²) in [6.07, 6.45) is 1.66. The minimum Gasteiger partial charge on any atom is -0.358 e. The summed E-state index contributed by atoms with van der Waals surface area (Å²) in [7, 11) is 0. The van der Waals surface area contributed by atoms with Crippen molar-refractivity contribution in [3.63, 3.8) is 0 Å². The van der Waals surface area contributed by atoms with Crippen LogP contribution in [0.4, 0.5) is 11.5 Å². The van der Waals surface area contributed by atoms with Crippen LogP contribution >= 0.6 is 0 Å². The molecule has 2 rings (SSSR count). The van der Waals surface area contributed by atoms with Crippen molar-refractivity contribution in [3.05, 3.63) is 18.3 Å². The van der Waals surface area contributed by atoms with E-state index in [1.807, 2.05) is 17.0 Å². The summed E-state index contributed by atoms with van der Waals surface area (Å²) in [6, 6.07) is 3.78. The average Bonchev–Trinajstić information content (AvgIpc) is 2.18. The Labute approximate surface area is 81.9 Å². The Balaban J connectivity index is 2.33. The lowest BCUT2D eigenvalue weighted by Crippen LogP contribution is -2.41. The summed E-state index contributed by atoms with van der Waals surface area (Å²) < 4.78 is 0. The normalized spacial score (nSPS) is 14.9. The van der Waals surface area contributed by atoms with E-state index in [1.165, 1.54) is 0 Å². The monoisotopic (exact) mass is 192 g/mol. The van der Waals surface area contributed by atoms with Gasteiger partial charge in [0.1, 0.15) is 0 Å². The van der Waals surface area contributed by atoms with E-state index in [-0.39, 0.29) is 5.91 Å². The Bertz CT molecular complexity index is 352. The molecule has 0 atom stereocenters. The van der Waals surface area contributed by atoms with Gasteiger partial charge in [-0.2, -0.15) is 0 Å². The molecule has 0 aliphatic carbocycles. The summed E-state index contributed by atoms with van der Waals surface area (Å²) in [5.74, 6) is 0.585. The van der Waals surface area contributed by atoms with Gasteiger partial charge in [-0.15, -0.1) is 0 Å². The highest BCUT2D eigenvalue weighted by molar-refractivity contribution is 5.99. The van der Waals surface area contributed by atoms with Crippen LogP contribution in [-0.4, -0.2) is 30.5 Å². The van der Waals surface area contributed by atoms with Crippen molar-refractivity contribution in [2.45, 2.75) is 0 Å². The van der Waals surface area contributed by atoms with Gasteiger partial charge >= 0.3 is 0 Å².